The van der Waals surface area contributed by atoms with Crippen molar-refractivity contribution in [2.24, 2.45) is 0 Å². The highest BCUT2D eigenvalue weighted by Crippen LogP contribution is 1.79. The van der Waals surface area contributed by atoms with Crippen LogP contribution in [0.4, 0.5) is 18.8 Å². The van der Waals surface area contributed by atoms with Gasteiger partial charge in [-0.3, -0.25) is 18.8 Å². The molecule has 1 rings (SSSR count). The van der Waals surface area contributed by atoms with Crippen LogP contribution < -0.4 is 0 Å². The normalized spacial score (nSPS) is 4.69. The maximum atomic E-state index is 3.36. The van der Waals surface area contributed by atoms with Crippen LogP contribution in [0.1, 0.15) is 6.92 Å². The van der Waals surface area contributed by atoms with Crippen LogP contribution in [0.3, 0.4) is 0 Å². The molecule has 0 fully saturated rings. The first-order valence-corrected chi connectivity index (χ1v) is 2.99. The third-order valence-corrected chi connectivity index (χ3v) is 0.667. The highest BCUT2D eigenvalue weighted by Gasteiger charge is 1.57. The van der Waals surface area contributed by atoms with E-state index in [1.807, 2.05) is 43.3 Å². The second-order valence-electron chi connectivity index (χ2n) is 1.56. The molecule has 13 heavy (non-hydrogen) atoms. The summed E-state index contributed by atoms with van der Waals surface area (Å²) in [6, 6.07) is 12.0. The lowest BCUT2D eigenvalue weighted by Gasteiger charge is -1.69. The summed E-state index contributed by atoms with van der Waals surface area (Å²) in [6.45, 7) is 5.25. The molecular weight excluding hydrogens is 184 g/mol. The molecule has 4 heteroatoms. The standard InChI is InChI=1S/C6H6.C3H6.4FH/c1-2-4-6-5-3-1;1-3-2;;;;/h1-6H;3H,1H2,2H3;4*1H. The van der Waals surface area contributed by atoms with Crippen LogP contribution in [0.25, 0.3) is 0 Å². The summed E-state index contributed by atoms with van der Waals surface area (Å²) in [6.07, 6.45) is 1.75. The maximum Gasteiger partial charge on any atom is -0.0473 e. The van der Waals surface area contributed by atoms with Gasteiger partial charge in [-0.1, -0.05) is 42.5 Å². The van der Waals surface area contributed by atoms with E-state index in [1.165, 1.54) is 0 Å². The summed E-state index contributed by atoms with van der Waals surface area (Å²) in [5.41, 5.74) is 0. The smallest absolute Gasteiger partial charge is 0.0473 e. The van der Waals surface area contributed by atoms with Crippen molar-refractivity contribution >= 4 is 0 Å². The Bertz CT molecular complexity index is 115. The van der Waals surface area contributed by atoms with Crippen molar-refractivity contribution in [1.82, 2.24) is 0 Å². The van der Waals surface area contributed by atoms with Gasteiger partial charge in [0.05, 0.1) is 0 Å². The zero-order valence-corrected chi connectivity index (χ0v) is 7.38. The van der Waals surface area contributed by atoms with E-state index in [4.69, 9.17) is 0 Å². The Morgan fingerprint density at radius 1 is 0.692 bits per heavy atom. The van der Waals surface area contributed by atoms with Gasteiger partial charge in [0.25, 0.3) is 0 Å². The molecule has 0 spiro atoms. The molecule has 1 aromatic rings. The summed E-state index contributed by atoms with van der Waals surface area (Å²) >= 11 is 0. The fourth-order valence-corrected chi connectivity index (χ4v) is 0.385. The summed E-state index contributed by atoms with van der Waals surface area (Å²) in [5, 5.41) is 0. The lowest BCUT2D eigenvalue weighted by atomic mass is 10.4. The molecule has 0 aromatic heterocycles. The Balaban J connectivity index is -0.0000000282. The first kappa shape index (κ1) is 29.9. The molecule has 0 N–H and O–H groups in total. The molecular formula is C9H16F4. The number of allylic oxidation sites excluding steroid dienone is 1. The van der Waals surface area contributed by atoms with Crippen LogP contribution in [-0.4, -0.2) is 0 Å². The van der Waals surface area contributed by atoms with E-state index in [1.54, 1.807) is 6.08 Å². The lowest BCUT2D eigenvalue weighted by Crippen LogP contribution is -1.47. The van der Waals surface area contributed by atoms with Crippen molar-refractivity contribution in [3.8, 4) is 0 Å². The highest BCUT2D eigenvalue weighted by atomic mass is 19.0. The molecule has 0 bridgehead atoms. The van der Waals surface area contributed by atoms with Gasteiger partial charge in [0.15, 0.2) is 0 Å². The maximum absolute atomic E-state index is 3.36. The van der Waals surface area contributed by atoms with Crippen molar-refractivity contribution < 1.29 is 18.8 Å². The molecule has 0 heterocycles. The zero-order valence-electron chi connectivity index (χ0n) is 7.38. The lowest BCUT2D eigenvalue weighted by molar-refractivity contribution is 1.11. The second-order valence-corrected chi connectivity index (χ2v) is 1.56. The average molecular weight is 200 g/mol. The number of halogens is 4. The van der Waals surface area contributed by atoms with Crippen molar-refractivity contribution in [1.29, 1.82) is 0 Å². The summed E-state index contributed by atoms with van der Waals surface area (Å²) in [5.74, 6) is 0. The van der Waals surface area contributed by atoms with E-state index in [0.717, 1.165) is 0 Å². The fourth-order valence-electron chi connectivity index (χ4n) is 0.385. The fraction of sp³-hybridized carbons (Fsp3) is 0.111. The molecule has 1 aromatic carbocycles. The van der Waals surface area contributed by atoms with Crippen molar-refractivity contribution in [3.63, 3.8) is 0 Å². The van der Waals surface area contributed by atoms with Crippen LogP contribution in [0.15, 0.2) is 49.1 Å². The van der Waals surface area contributed by atoms with Crippen LogP contribution in [0.2, 0.25) is 0 Å². The van der Waals surface area contributed by atoms with Gasteiger partial charge in [-0.2, -0.15) is 0 Å². The minimum Gasteiger partial charge on any atom is -0.269 e. The highest BCUT2D eigenvalue weighted by molar-refractivity contribution is 4.99. The van der Waals surface area contributed by atoms with Gasteiger partial charge in [-0.25, -0.2) is 0 Å². The van der Waals surface area contributed by atoms with Gasteiger partial charge in [0.1, 0.15) is 0 Å². The monoisotopic (exact) mass is 200 g/mol. The van der Waals surface area contributed by atoms with E-state index < -0.39 is 0 Å². The van der Waals surface area contributed by atoms with Gasteiger partial charge in [-0.05, 0) is 6.92 Å². The third-order valence-electron chi connectivity index (χ3n) is 0.667. The topological polar surface area (TPSA) is 0 Å². The first-order chi connectivity index (χ1) is 4.41. The summed E-state index contributed by atoms with van der Waals surface area (Å²) in [7, 11) is 0. The minimum atomic E-state index is 0. The Kier molecular flexibility index (Phi) is 71.2. The predicted molar refractivity (Wildman–Crippen MR) is 52.3 cm³/mol. The van der Waals surface area contributed by atoms with Crippen LogP contribution in [0, 0.1) is 0 Å². The zero-order chi connectivity index (χ0) is 6.95. The Hall–Kier alpha value is -1.32. The number of benzene rings is 1. The number of rotatable bonds is 0. The van der Waals surface area contributed by atoms with E-state index in [9.17, 15) is 0 Å². The molecule has 0 nitrogen and oxygen atoms in total. The van der Waals surface area contributed by atoms with Crippen molar-refractivity contribution in [2.45, 2.75) is 6.92 Å². The van der Waals surface area contributed by atoms with E-state index in [2.05, 4.69) is 6.58 Å². The van der Waals surface area contributed by atoms with Gasteiger partial charge in [-0.15, -0.1) is 6.58 Å². The third kappa shape index (κ3) is 36.7. The van der Waals surface area contributed by atoms with Crippen LogP contribution in [-0.2, 0) is 0 Å². The molecule has 0 aliphatic carbocycles. The minimum absolute atomic E-state index is 0. The van der Waals surface area contributed by atoms with E-state index in [-0.39, 0.29) is 18.8 Å². The van der Waals surface area contributed by atoms with Crippen LogP contribution in [0.5, 0.6) is 0 Å². The van der Waals surface area contributed by atoms with Gasteiger partial charge < -0.3 is 0 Å². The average Bonchev–Trinajstić information content (AvgIpc) is 1.93. The molecule has 80 valence electrons. The molecule has 0 radical (unpaired) electrons. The molecule has 0 atom stereocenters. The van der Waals surface area contributed by atoms with Crippen molar-refractivity contribution in [3.05, 3.63) is 49.1 Å². The van der Waals surface area contributed by atoms with Crippen LogP contribution >= 0.6 is 0 Å². The van der Waals surface area contributed by atoms with E-state index >= 15 is 0 Å². The molecule has 0 aliphatic rings. The molecule has 0 saturated carbocycles. The first-order valence-electron chi connectivity index (χ1n) is 2.99. The molecule has 0 aliphatic heterocycles. The predicted octanol–water partition coefficient (Wildman–Crippen LogP) is 3.49. The Labute approximate surface area is 75.8 Å². The Morgan fingerprint density at radius 2 is 0.769 bits per heavy atom. The van der Waals surface area contributed by atoms with Gasteiger partial charge >= 0.3 is 0 Å². The molecule has 0 unspecified atom stereocenters. The largest absolute Gasteiger partial charge is 0.269 e. The second kappa shape index (κ2) is 31.0. The number of hydrogen-bond donors (Lipinski definition) is 0. The molecule has 0 amide bonds. The van der Waals surface area contributed by atoms with Gasteiger partial charge in [0.2, 0.25) is 0 Å². The summed E-state index contributed by atoms with van der Waals surface area (Å²) < 4.78 is 0. The van der Waals surface area contributed by atoms with Crippen molar-refractivity contribution in [2.75, 3.05) is 0 Å². The number of hydrogen-bond acceptors (Lipinski definition) is 0. The summed E-state index contributed by atoms with van der Waals surface area (Å²) in [4.78, 5) is 0. The Morgan fingerprint density at radius 3 is 0.846 bits per heavy atom. The SMILES string of the molecule is C=CC.F.F.F.F.c1ccccc1. The molecule has 0 saturated heterocycles. The van der Waals surface area contributed by atoms with Gasteiger partial charge in [0, 0.05) is 0 Å². The van der Waals surface area contributed by atoms with E-state index in [0.29, 0.717) is 0 Å². The quantitative estimate of drug-likeness (QED) is 0.444.